The van der Waals surface area contributed by atoms with Gasteiger partial charge in [-0.05, 0) is 17.7 Å². The second-order valence-corrected chi connectivity index (χ2v) is 6.48. The van der Waals surface area contributed by atoms with Crippen LogP contribution in [0.1, 0.15) is 12.0 Å². The van der Waals surface area contributed by atoms with Gasteiger partial charge in [-0.15, -0.1) is 8.78 Å². The van der Waals surface area contributed by atoms with Gasteiger partial charge in [0.05, 0.1) is 5.92 Å². The van der Waals surface area contributed by atoms with E-state index in [1.807, 2.05) is 30.3 Å². The molecule has 2 heterocycles. The third kappa shape index (κ3) is 3.69. The Bertz CT molecular complexity index is 889. The maximum Gasteiger partial charge on any atom is 0.586 e. The van der Waals surface area contributed by atoms with Crippen molar-refractivity contribution >= 4 is 17.5 Å². The fourth-order valence-electron chi connectivity index (χ4n) is 3.18. The Labute approximate surface area is 153 Å². The van der Waals surface area contributed by atoms with Crippen LogP contribution in [0, 0.1) is 5.92 Å². The van der Waals surface area contributed by atoms with E-state index in [9.17, 15) is 18.4 Å². The van der Waals surface area contributed by atoms with Crippen molar-refractivity contribution < 1.29 is 27.8 Å². The largest absolute Gasteiger partial charge is 0.586 e. The highest BCUT2D eigenvalue weighted by molar-refractivity contribution is 5.97. The molecule has 0 spiro atoms. The van der Waals surface area contributed by atoms with E-state index in [1.165, 1.54) is 18.2 Å². The zero-order chi connectivity index (χ0) is 19.0. The van der Waals surface area contributed by atoms with Crippen molar-refractivity contribution in [1.29, 1.82) is 0 Å². The number of fused-ring (bicyclic) bond motifs is 1. The lowest BCUT2D eigenvalue weighted by Gasteiger charge is -2.16. The maximum atomic E-state index is 13.1. The Hall–Kier alpha value is -3.16. The van der Waals surface area contributed by atoms with E-state index in [0.29, 0.717) is 18.8 Å². The summed E-state index contributed by atoms with van der Waals surface area (Å²) >= 11 is 0. The van der Waals surface area contributed by atoms with Crippen LogP contribution >= 0.6 is 0 Å². The first-order valence-corrected chi connectivity index (χ1v) is 8.42. The molecular weight excluding hydrogens is 358 g/mol. The van der Waals surface area contributed by atoms with Crippen LogP contribution in [0.15, 0.2) is 48.5 Å². The number of carbonyl (C=O) groups excluding carboxylic acids is 2. The minimum Gasteiger partial charge on any atom is -0.395 e. The predicted molar refractivity (Wildman–Crippen MR) is 91.2 cm³/mol. The number of hydrogen-bond acceptors (Lipinski definition) is 4. The van der Waals surface area contributed by atoms with Crippen molar-refractivity contribution in [2.75, 3.05) is 11.9 Å². The Kier molecular flexibility index (Phi) is 4.18. The molecule has 2 aliphatic rings. The van der Waals surface area contributed by atoms with Crippen LogP contribution in [0.25, 0.3) is 0 Å². The summed E-state index contributed by atoms with van der Waals surface area (Å²) in [6, 6.07) is 13.5. The van der Waals surface area contributed by atoms with Crippen molar-refractivity contribution in [2.24, 2.45) is 5.92 Å². The molecule has 0 radical (unpaired) electrons. The number of nitrogens with zero attached hydrogens (tertiary/aromatic N) is 1. The van der Waals surface area contributed by atoms with E-state index in [1.54, 1.807) is 4.90 Å². The van der Waals surface area contributed by atoms with Crippen molar-refractivity contribution in [2.45, 2.75) is 19.3 Å². The van der Waals surface area contributed by atoms with Gasteiger partial charge in [0.1, 0.15) is 0 Å². The lowest BCUT2D eigenvalue weighted by Crippen LogP contribution is -2.28. The Balaban J connectivity index is 1.39. The van der Waals surface area contributed by atoms with Crippen LogP contribution < -0.4 is 14.8 Å². The zero-order valence-corrected chi connectivity index (χ0v) is 14.2. The Morgan fingerprint density at radius 3 is 2.67 bits per heavy atom. The second-order valence-electron chi connectivity index (χ2n) is 6.48. The fourth-order valence-corrected chi connectivity index (χ4v) is 3.18. The lowest BCUT2D eigenvalue weighted by atomic mass is 10.1. The van der Waals surface area contributed by atoms with E-state index in [-0.39, 0.29) is 29.7 Å². The molecule has 8 heteroatoms. The molecule has 140 valence electrons. The topological polar surface area (TPSA) is 67.9 Å². The van der Waals surface area contributed by atoms with Gasteiger partial charge in [-0.25, -0.2) is 0 Å². The number of hydrogen-bond donors (Lipinski definition) is 1. The van der Waals surface area contributed by atoms with Gasteiger partial charge in [0.2, 0.25) is 11.8 Å². The molecule has 4 rings (SSSR count). The first kappa shape index (κ1) is 17.3. The zero-order valence-electron chi connectivity index (χ0n) is 14.2. The normalized spacial score (nSPS) is 20.0. The highest BCUT2D eigenvalue weighted by Crippen LogP contribution is 2.42. The highest BCUT2D eigenvalue weighted by atomic mass is 19.3. The van der Waals surface area contributed by atoms with Crippen LogP contribution in [0.2, 0.25) is 0 Å². The standard InChI is InChI=1S/C19H16F2N2O4/c20-19(21)26-15-7-6-14(9-16(15)27-19)22-18(25)13-8-17(24)23(11-13)10-12-4-2-1-3-5-12/h1-7,9,13H,8,10-11H2,(H,22,25). The van der Waals surface area contributed by atoms with Gasteiger partial charge in [0.25, 0.3) is 0 Å². The minimum atomic E-state index is -3.71. The fraction of sp³-hybridized carbons (Fsp3) is 0.263. The van der Waals surface area contributed by atoms with Crippen molar-refractivity contribution in [3.63, 3.8) is 0 Å². The number of anilines is 1. The Morgan fingerprint density at radius 2 is 1.89 bits per heavy atom. The molecule has 2 aliphatic heterocycles. The third-order valence-electron chi connectivity index (χ3n) is 4.47. The summed E-state index contributed by atoms with van der Waals surface area (Å²) in [5.74, 6) is -1.18. The van der Waals surface area contributed by atoms with Crippen molar-refractivity contribution in [3.8, 4) is 11.5 Å². The van der Waals surface area contributed by atoms with E-state index >= 15 is 0 Å². The van der Waals surface area contributed by atoms with Crippen LogP contribution in [0.4, 0.5) is 14.5 Å². The summed E-state index contributed by atoms with van der Waals surface area (Å²) < 4.78 is 34.8. The van der Waals surface area contributed by atoms with Crippen LogP contribution in [0.3, 0.4) is 0 Å². The first-order valence-electron chi connectivity index (χ1n) is 8.42. The molecule has 2 aromatic rings. The molecule has 27 heavy (non-hydrogen) atoms. The molecule has 6 nitrogen and oxygen atoms in total. The quantitative estimate of drug-likeness (QED) is 0.893. The molecule has 0 bridgehead atoms. The smallest absolute Gasteiger partial charge is 0.395 e. The van der Waals surface area contributed by atoms with Crippen molar-refractivity contribution in [3.05, 3.63) is 54.1 Å². The average molecular weight is 374 g/mol. The second kappa shape index (κ2) is 6.53. The number of alkyl halides is 2. The summed E-state index contributed by atoms with van der Waals surface area (Å²) in [7, 11) is 0. The molecule has 2 amide bonds. The maximum absolute atomic E-state index is 13.1. The number of benzene rings is 2. The summed E-state index contributed by atoms with van der Waals surface area (Å²) in [5.41, 5.74) is 1.29. The van der Waals surface area contributed by atoms with Gasteiger partial charge in [0, 0.05) is 31.3 Å². The number of halogens is 2. The molecule has 1 fully saturated rings. The molecule has 0 aliphatic carbocycles. The molecule has 2 aromatic carbocycles. The third-order valence-corrected chi connectivity index (χ3v) is 4.47. The monoisotopic (exact) mass is 374 g/mol. The molecule has 1 unspecified atom stereocenters. The molecule has 0 saturated carbocycles. The van der Waals surface area contributed by atoms with Gasteiger partial charge in [0.15, 0.2) is 11.5 Å². The molecule has 0 aromatic heterocycles. The molecule has 1 N–H and O–H groups in total. The van der Waals surface area contributed by atoms with Gasteiger partial charge in [-0.1, -0.05) is 30.3 Å². The number of nitrogens with one attached hydrogen (secondary N) is 1. The number of carbonyl (C=O) groups is 2. The van der Waals surface area contributed by atoms with Gasteiger partial charge < -0.3 is 19.7 Å². The Morgan fingerprint density at radius 1 is 1.15 bits per heavy atom. The molecular formula is C19H16F2N2O4. The first-order chi connectivity index (χ1) is 12.9. The SMILES string of the molecule is O=C(Nc1ccc2c(c1)OC(F)(F)O2)C1CC(=O)N(Cc2ccccc2)C1. The number of likely N-dealkylation sites (tertiary alicyclic amines) is 1. The number of rotatable bonds is 4. The van der Waals surface area contributed by atoms with E-state index in [2.05, 4.69) is 14.8 Å². The number of amides is 2. The van der Waals surface area contributed by atoms with Gasteiger partial charge in [-0.3, -0.25) is 9.59 Å². The van der Waals surface area contributed by atoms with Crippen molar-refractivity contribution in [1.82, 2.24) is 4.90 Å². The van der Waals surface area contributed by atoms with Crippen LogP contribution in [-0.2, 0) is 16.1 Å². The summed E-state index contributed by atoms with van der Waals surface area (Å²) in [4.78, 5) is 26.3. The summed E-state index contributed by atoms with van der Waals surface area (Å²) in [6.07, 6.45) is -3.60. The summed E-state index contributed by atoms with van der Waals surface area (Å²) in [5, 5.41) is 2.65. The van der Waals surface area contributed by atoms with Crippen LogP contribution in [-0.4, -0.2) is 29.6 Å². The molecule has 1 saturated heterocycles. The minimum absolute atomic E-state index is 0.0932. The van der Waals surface area contributed by atoms with E-state index in [4.69, 9.17) is 0 Å². The average Bonchev–Trinajstić information content (AvgIpc) is 3.13. The molecule has 1 atom stereocenters. The van der Waals surface area contributed by atoms with Crippen LogP contribution in [0.5, 0.6) is 11.5 Å². The van der Waals surface area contributed by atoms with E-state index < -0.39 is 12.2 Å². The van der Waals surface area contributed by atoms with Gasteiger partial charge >= 0.3 is 6.29 Å². The van der Waals surface area contributed by atoms with Gasteiger partial charge in [-0.2, -0.15) is 0 Å². The van der Waals surface area contributed by atoms with E-state index in [0.717, 1.165) is 5.56 Å². The lowest BCUT2D eigenvalue weighted by molar-refractivity contribution is -0.286. The highest BCUT2D eigenvalue weighted by Gasteiger charge is 2.43. The summed E-state index contributed by atoms with van der Waals surface area (Å²) in [6.45, 7) is 0.755. The number of ether oxygens (including phenoxy) is 2. The predicted octanol–water partition coefficient (Wildman–Crippen LogP) is 3.00.